The van der Waals surface area contributed by atoms with E-state index in [-0.39, 0.29) is 24.2 Å². The minimum absolute atomic E-state index is 0.0371. The van der Waals surface area contributed by atoms with Crippen molar-refractivity contribution in [3.05, 3.63) is 40.4 Å². The van der Waals surface area contributed by atoms with E-state index in [0.717, 1.165) is 16.5 Å². The van der Waals surface area contributed by atoms with E-state index < -0.39 is 5.97 Å². The highest BCUT2D eigenvalue weighted by Gasteiger charge is 2.27. The third-order valence-corrected chi connectivity index (χ3v) is 3.99. The van der Waals surface area contributed by atoms with Gasteiger partial charge in [0, 0.05) is 16.8 Å². The number of rotatable bonds is 5. The van der Waals surface area contributed by atoms with Crippen LogP contribution in [0, 0.1) is 17.2 Å². The SMILES string of the molecule is N#CC1CCC(OC(=O)CC(=O)C=Cc2cccc(Br)c2)C1. The number of hydrogen-bond donors (Lipinski definition) is 0. The number of esters is 1. The van der Waals surface area contributed by atoms with Crippen molar-refractivity contribution in [2.45, 2.75) is 31.8 Å². The molecule has 0 saturated heterocycles. The predicted molar refractivity (Wildman–Crippen MR) is 85.6 cm³/mol. The number of halogens is 1. The number of nitrogens with zero attached hydrogens (tertiary/aromatic N) is 1. The topological polar surface area (TPSA) is 67.2 Å². The first-order valence-electron chi connectivity index (χ1n) is 7.12. The van der Waals surface area contributed by atoms with Gasteiger partial charge < -0.3 is 4.74 Å². The maximum atomic E-state index is 11.8. The zero-order chi connectivity index (χ0) is 15.9. The van der Waals surface area contributed by atoms with E-state index in [1.165, 1.54) is 6.08 Å². The van der Waals surface area contributed by atoms with Crippen molar-refractivity contribution in [1.82, 2.24) is 0 Å². The Bertz CT molecular complexity index is 633. The molecule has 1 fully saturated rings. The van der Waals surface area contributed by atoms with Crippen LogP contribution in [0.3, 0.4) is 0 Å². The van der Waals surface area contributed by atoms with Crippen molar-refractivity contribution in [1.29, 1.82) is 5.26 Å². The lowest BCUT2D eigenvalue weighted by Gasteiger charge is -2.10. The Morgan fingerprint density at radius 3 is 2.91 bits per heavy atom. The van der Waals surface area contributed by atoms with Gasteiger partial charge in [0.2, 0.25) is 0 Å². The van der Waals surface area contributed by atoms with Crippen LogP contribution in [-0.4, -0.2) is 17.9 Å². The predicted octanol–water partition coefficient (Wildman–Crippen LogP) is 3.66. The van der Waals surface area contributed by atoms with Crippen molar-refractivity contribution in [2.24, 2.45) is 5.92 Å². The second-order valence-electron chi connectivity index (χ2n) is 5.28. The van der Waals surface area contributed by atoms with Gasteiger partial charge in [-0.15, -0.1) is 0 Å². The number of ether oxygens (including phenoxy) is 1. The quantitative estimate of drug-likeness (QED) is 0.456. The summed E-state index contributed by atoms with van der Waals surface area (Å²) in [6, 6.07) is 9.69. The fraction of sp³-hybridized carbons (Fsp3) is 0.353. The van der Waals surface area contributed by atoms with Crippen molar-refractivity contribution in [2.75, 3.05) is 0 Å². The molecule has 0 aromatic heterocycles. The summed E-state index contributed by atoms with van der Waals surface area (Å²) in [4.78, 5) is 23.5. The lowest BCUT2D eigenvalue weighted by molar-refractivity contribution is -0.150. The van der Waals surface area contributed by atoms with Crippen LogP contribution in [0.5, 0.6) is 0 Å². The second-order valence-corrected chi connectivity index (χ2v) is 6.20. The van der Waals surface area contributed by atoms with E-state index in [2.05, 4.69) is 22.0 Å². The van der Waals surface area contributed by atoms with Gasteiger partial charge in [-0.2, -0.15) is 5.26 Å². The van der Waals surface area contributed by atoms with Crippen molar-refractivity contribution in [3.63, 3.8) is 0 Å². The molecular formula is C17H16BrNO3. The largest absolute Gasteiger partial charge is 0.462 e. The third kappa shape index (κ3) is 5.12. The first-order chi connectivity index (χ1) is 10.6. The minimum Gasteiger partial charge on any atom is -0.462 e. The van der Waals surface area contributed by atoms with Gasteiger partial charge in [0.25, 0.3) is 0 Å². The molecule has 2 unspecified atom stereocenters. The van der Waals surface area contributed by atoms with E-state index in [0.29, 0.717) is 12.8 Å². The smallest absolute Gasteiger partial charge is 0.313 e. The van der Waals surface area contributed by atoms with Gasteiger partial charge >= 0.3 is 5.97 Å². The summed E-state index contributed by atoms with van der Waals surface area (Å²) in [5.41, 5.74) is 0.878. The molecule has 0 radical (unpaired) electrons. The lowest BCUT2D eigenvalue weighted by atomic mass is 10.1. The second kappa shape index (κ2) is 7.90. The van der Waals surface area contributed by atoms with Crippen LogP contribution in [0.1, 0.15) is 31.2 Å². The maximum absolute atomic E-state index is 11.8. The van der Waals surface area contributed by atoms with Crippen LogP contribution in [-0.2, 0) is 14.3 Å². The molecule has 5 heteroatoms. The molecule has 22 heavy (non-hydrogen) atoms. The molecule has 0 spiro atoms. The number of allylic oxidation sites excluding steroid dienone is 1. The van der Waals surface area contributed by atoms with Gasteiger partial charge in [-0.1, -0.05) is 34.1 Å². The van der Waals surface area contributed by atoms with E-state index in [4.69, 9.17) is 10.00 Å². The molecule has 0 amide bonds. The van der Waals surface area contributed by atoms with Gasteiger partial charge in [-0.3, -0.25) is 9.59 Å². The van der Waals surface area contributed by atoms with Crippen LogP contribution < -0.4 is 0 Å². The van der Waals surface area contributed by atoms with Gasteiger partial charge in [0.1, 0.15) is 12.5 Å². The van der Waals surface area contributed by atoms with Crippen LogP contribution in [0.2, 0.25) is 0 Å². The van der Waals surface area contributed by atoms with E-state index in [1.54, 1.807) is 6.08 Å². The van der Waals surface area contributed by atoms with Crippen LogP contribution >= 0.6 is 15.9 Å². The molecule has 4 nitrogen and oxygen atoms in total. The Balaban J connectivity index is 1.79. The Kier molecular flexibility index (Phi) is 5.91. The van der Waals surface area contributed by atoms with Gasteiger partial charge in [-0.05, 0) is 36.6 Å². The summed E-state index contributed by atoms with van der Waals surface area (Å²) in [6.07, 6.45) is 4.59. The monoisotopic (exact) mass is 361 g/mol. The molecule has 2 rings (SSSR count). The van der Waals surface area contributed by atoms with Crippen molar-refractivity contribution in [3.8, 4) is 6.07 Å². The standard InChI is InChI=1S/C17H16BrNO3/c18-14-3-1-2-12(8-14)4-6-15(20)10-17(21)22-16-7-5-13(9-16)11-19/h1-4,6,8,13,16H,5,7,9-10H2. The summed E-state index contributed by atoms with van der Waals surface area (Å²) in [6.45, 7) is 0. The average Bonchev–Trinajstić information content (AvgIpc) is 2.92. The average molecular weight is 362 g/mol. The molecule has 0 N–H and O–H groups in total. The summed E-state index contributed by atoms with van der Waals surface area (Å²) in [7, 11) is 0. The Morgan fingerprint density at radius 2 is 2.23 bits per heavy atom. The molecule has 1 aliphatic rings. The van der Waals surface area contributed by atoms with Gasteiger partial charge in [0.15, 0.2) is 5.78 Å². The maximum Gasteiger partial charge on any atom is 0.313 e. The number of nitriles is 1. The van der Waals surface area contributed by atoms with Gasteiger partial charge in [0.05, 0.1) is 6.07 Å². The van der Waals surface area contributed by atoms with Crippen LogP contribution in [0.15, 0.2) is 34.8 Å². The zero-order valence-electron chi connectivity index (χ0n) is 12.0. The number of hydrogen-bond acceptors (Lipinski definition) is 4. The van der Waals surface area contributed by atoms with E-state index in [1.807, 2.05) is 24.3 Å². The number of ketones is 1. The molecule has 1 aromatic carbocycles. The fourth-order valence-electron chi connectivity index (χ4n) is 2.39. The summed E-state index contributed by atoms with van der Waals surface area (Å²) in [5.74, 6) is -0.850. The highest BCUT2D eigenvalue weighted by molar-refractivity contribution is 9.10. The first-order valence-corrected chi connectivity index (χ1v) is 7.91. The summed E-state index contributed by atoms with van der Waals surface area (Å²) in [5, 5.41) is 8.80. The number of benzene rings is 1. The van der Waals surface area contributed by atoms with E-state index >= 15 is 0 Å². The third-order valence-electron chi connectivity index (χ3n) is 3.49. The Labute approximate surface area is 137 Å². The number of carbonyl (C=O) groups is 2. The first kappa shape index (κ1) is 16.4. The fourth-order valence-corrected chi connectivity index (χ4v) is 2.81. The Hall–Kier alpha value is -1.93. The number of carbonyl (C=O) groups excluding carboxylic acids is 2. The highest BCUT2D eigenvalue weighted by Crippen LogP contribution is 2.27. The zero-order valence-corrected chi connectivity index (χ0v) is 13.6. The minimum atomic E-state index is -0.521. The summed E-state index contributed by atoms with van der Waals surface area (Å²) >= 11 is 3.35. The normalized spacial score (nSPS) is 20.7. The van der Waals surface area contributed by atoms with Crippen LogP contribution in [0.25, 0.3) is 6.08 Å². The van der Waals surface area contributed by atoms with Crippen molar-refractivity contribution < 1.29 is 14.3 Å². The van der Waals surface area contributed by atoms with Crippen LogP contribution in [0.4, 0.5) is 0 Å². The molecule has 1 aliphatic carbocycles. The summed E-state index contributed by atoms with van der Waals surface area (Å²) < 4.78 is 6.16. The van der Waals surface area contributed by atoms with E-state index in [9.17, 15) is 9.59 Å². The lowest BCUT2D eigenvalue weighted by Crippen LogP contribution is -2.17. The highest BCUT2D eigenvalue weighted by atomic mass is 79.9. The molecular weight excluding hydrogens is 346 g/mol. The molecule has 1 aromatic rings. The van der Waals surface area contributed by atoms with Gasteiger partial charge in [-0.25, -0.2) is 0 Å². The molecule has 2 atom stereocenters. The molecule has 114 valence electrons. The molecule has 0 aliphatic heterocycles. The Morgan fingerprint density at radius 1 is 1.41 bits per heavy atom. The molecule has 1 saturated carbocycles. The van der Waals surface area contributed by atoms with Crippen molar-refractivity contribution >= 4 is 33.8 Å². The molecule has 0 bridgehead atoms. The molecule has 0 heterocycles.